The van der Waals surface area contributed by atoms with Gasteiger partial charge in [-0.05, 0) is 41.7 Å². The fraction of sp³-hybridized carbons (Fsp3) is 0.250. The van der Waals surface area contributed by atoms with Crippen LogP contribution in [0.5, 0.6) is 0 Å². The van der Waals surface area contributed by atoms with Crippen molar-refractivity contribution in [1.29, 1.82) is 0 Å². The molecule has 1 heteroatoms. The Morgan fingerprint density at radius 3 is 2.33 bits per heavy atom. The molecule has 110 valence electrons. The third-order valence-electron chi connectivity index (χ3n) is 3.46. The molecule has 0 radical (unpaired) electrons. The zero-order chi connectivity index (χ0) is 16.0. The molecule has 0 heterocycles. The van der Waals surface area contributed by atoms with Crippen LogP contribution in [0.2, 0.25) is 0 Å². The van der Waals surface area contributed by atoms with Crippen molar-refractivity contribution in [3.63, 3.8) is 0 Å². The van der Waals surface area contributed by atoms with Crippen molar-refractivity contribution in [2.75, 3.05) is 0 Å². The van der Waals surface area contributed by atoms with Gasteiger partial charge in [0.2, 0.25) is 0 Å². The predicted molar refractivity (Wildman–Crippen MR) is 92.6 cm³/mol. The van der Waals surface area contributed by atoms with Crippen LogP contribution in [0.25, 0.3) is 5.57 Å². The molecule has 0 fully saturated rings. The van der Waals surface area contributed by atoms with Crippen LogP contribution in [-0.4, -0.2) is 5.78 Å². The minimum Gasteiger partial charge on any atom is -0.289 e. The van der Waals surface area contributed by atoms with E-state index in [-0.39, 0.29) is 5.78 Å². The summed E-state index contributed by atoms with van der Waals surface area (Å²) in [5.41, 5.74) is 5.23. The molecule has 1 aliphatic carbocycles. The molecule has 0 amide bonds. The SMILES string of the molecule is C=CC1=C(/C=C\C)C(=O)c2cc(CC)ccc2C1=C.CC. The van der Waals surface area contributed by atoms with E-state index in [2.05, 4.69) is 26.1 Å². The molecular weight excluding hydrogens is 256 g/mol. The lowest BCUT2D eigenvalue weighted by molar-refractivity contribution is 0.103. The lowest BCUT2D eigenvalue weighted by Gasteiger charge is -2.21. The van der Waals surface area contributed by atoms with Gasteiger partial charge < -0.3 is 0 Å². The Balaban J connectivity index is 0.00000106. The summed E-state index contributed by atoms with van der Waals surface area (Å²) in [6.45, 7) is 15.9. The molecule has 0 atom stereocenters. The average Bonchev–Trinajstić information content (AvgIpc) is 2.54. The lowest BCUT2D eigenvalue weighted by Crippen LogP contribution is -2.14. The second kappa shape index (κ2) is 7.58. The fourth-order valence-electron chi connectivity index (χ4n) is 2.40. The summed E-state index contributed by atoms with van der Waals surface area (Å²) in [6.07, 6.45) is 6.35. The van der Waals surface area contributed by atoms with Crippen LogP contribution in [0.4, 0.5) is 0 Å². The highest BCUT2D eigenvalue weighted by atomic mass is 16.1. The van der Waals surface area contributed by atoms with Gasteiger partial charge in [-0.2, -0.15) is 0 Å². The Bertz CT molecular complexity index is 627. The normalized spacial score (nSPS) is 13.9. The zero-order valence-corrected chi connectivity index (χ0v) is 13.5. The quantitative estimate of drug-likeness (QED) is 0.710. The number of rotatable bonds is 3. The summed E-state index contributed by atoms with van der Waals surface area (Å²) >= 11 is 0. The van der Waals surface area contributed by atoms with E-state index in [0.29, 0.717) is 5.57 Å². The number of Topliss-reactive ketones (excluding diaryl/α,β-unsaturated/α-hetero) is 1. The molecule has 0 aromatic heterocycles. The molecule has 0 saturated heterocycles. The summed E-state index contributed by atoms with van der Waals surface area (Å²) in [7, 11) is 0. The molecule has 2 rings (SSSR count). The van der Waals surface area contributed by atoms with E-state index in [1.807, 2.05) is 45.1 Å². The number of hydrogen-bond donors (Lipinski definition) is 0. The first kappa shape index (κ1) is 16.9. The first-order valence-corrected chi connectivity index (χ1v) is 7.50. The topological polar surface area (TPSA) is 17.1 Å². The third-order valence-corrected chi connectivity index (χ3v) is 3.46. The summed E-state index contributed by atoms with van der Waals surface area (Å²) in [6, 6.07) is 6.02. The maximum Gasteiger partial charge on any atom is 0.194 e. The first-order chi connectivity index (χ1) is 10.1. The van der Waals surface area contributed by atoms with E-state index < -0.39 is 0 Å². The largest absolute Gasteiger partial charge is 0.289 e. The molecule has 0 N–H and O–H groups in total. The van der Waals surface area contributed by atoms with E-state index in [1.165, 1.54) is 5.56 Å². The molecule has 21 heavy (non-hydrogen) atoms. The minimum absolute atomic E-state index is 0.0608. The predicted octanol–water partition coefficient (Wildman–Crippen LogP) is 5.54. The van der Waals surface area contributed by atoms with Gasteiger partial charge in [0.25, 0.3) is 0 Å². The second-order valence-electron chi connectivity index (χ2n) is 4.57. The van der Waals surface area contributed by atoms with Crippen molar-refractivity contribution in [2.45, 2.75) is 34.1 Å². The number of hydrogen-bond acceptors (Lipinski definition) is 1. The summed E-state index contributed by atoms with van der Waals surface area (Å²) in [5, 5.41) is 0. The van der Waals surface area contributed by atoms with Gasteiger partial charge in [-0.1, -0.05) is 64.3 Å². The standard InChI is InChI=1S/C18H18O.C2H6/c1-5-8-16-14(7-3)12(4)15-10-9-13(6-2)11-17(15)18(16)19;1-2/h5,7-11H,3-4,6H2,1-2H3;1-2H3/b8-5-;. The van der Waals surface area contributed by atoms with Crippen molar-refractivity contribution >= 4 is 11.4 Å². The fourth-order valence-corrected chi connectivity index (χ4v) is 2.40. The molecule has 1 nitrogen and oxygen atoms in total. The monoisotopic (exact) mass is 280 g/mol. The molecule has 1 aliphatic rings. The Hall–Kier alpha value is -2.15. The number of aryl methyl sites for hydroxylation is 1. The lowest BCUT2D eigenvalue weighted by atomic mass is 9.81. The highest BCUT2D eigenvalue weighted by Gasteiger charge is 2.25. The number of carbonyl (C=O) groups excluding carboxylic acids is 1. The maximum absolute atomic E-state index is 12.6. The van der Waals surface area contributed by atoms with Crippen molar-refractivity contribution in [3.05, 3.63) is 77.4 Å². The Morgan fingerprint density at radius 1 is 1.14 bits per heavy atom. The number of allylic oxidation sites excluding steroid dienone is 6. The van der Waals surface area contributed by atoms with Gasteiger partial charge in [0.05, 0.1) is 0 Å². The molecule has 1 aromatic rings. The van der Waals surface area contributed by atoms with Gasteiger partial charge >= 0.3 is 0 Å². The first-order valence-electron chi connectivity index (χ1n) is 7.50. The van der Waals surface area contributed by atoms with Crippen LogP contribution in [0, 0.1) is 0 Å². The minimum atomic E-state index is 0.0608. The zero-order valence-electron chi connectivity index (χ0n) is 13.5. The number of ketones is 1. The Labute approximate surface area is 128 Å². The summed E-state index contributed by atoms with van der Waals surface area (Å²) < 4.78 is 0. The third kappa shape index (κ3) is 3.13. The molecule has 0 saturated carbocycles. The molecule has 0 spiro atoms. The van der Waals surface area contributed by atoms with Crippen LogP contribution in [0.15, 0.2) is 60.7 Å². The maximum atomic E-state index is 12.6. The molecule has 0 unspecified atom stereocenters. The number of carbonyl (C=O) groups is 1. The van der Waals surface area contributed by atoms with Gasteiger partial charge in [-0.15, -0.1) is 0 Å². The second-order valence-corrected chi connectivity index (χ2v) is 4.57. The molecule has 0 bridgehead atoms. The van der Waals surface area contributed by atoms with Gasteiger partial charge in [0, 0.05) is 11.1 Å². The van der Waals surface area contributed by atoms with Crippen molar-refractivity contribution in [3.8, 4) is 0 Å². The van der Waals surface area contributed by atoms with E-state index in [9.17, 15) is 4.79 Å². The molecule has 0 aliphatic heterocycles. The highest BCUT2D eigenvalue weighted by Crippen LogP contribution is 2.35. The summed E-state index contributed by atoms with van der Waals surface area (Å²) in [5.74, 6) is 0.0608. The molecule has 1 aromatic carbocycles. The smallest absolute Gasteiger partial charge is 0.194 e. The van der Waals surface area contributed by atoms with Gasteiger partial charge in [-0.3, -0.25) is 4.79 Å². The van der Waals surface area contributed by atoms with E-state index in [4.69, 9.17) is 0 Å². The van der Waals surface area contributed by atoms with Crippen LogP contribution < -0.4 is 0 Å². The van der Waals surface area contributed by atoms with E-state index in [1.54, 1.807) is 6.08 Å². The molecular formula is C20H24O. The van der Waals surface area contributed by atoms with Crippen LogP contribution in [0.3, 0.4) is 0 Å². The van der Waals surface area contributed by atoms with Crippen LogP contribution >= 0.6 is 0 Å². The Kier molecular flexibility index (Phi) is 6.10. The van der Waals surface area contributed by atoms with Crippen molar-refractivity contribution in [1.82, 2.24) is 0 Å². The number of benzene rings is 1. The summed E-state index contributed by atoms with van der Waals surface area (Å²) in [4.78, 5) is 12.6. The van der Waals surface area contributed by atoms with Crippen molar-refractivity contribution in [2.24, 2.45) is 0 Å². The van der Waals surface area contributed by atoms with E-state index >= 15 is 0 Å². The van der Waals surface area contributed by atoms with Gasteiger partial charge in [0.15, 0.2) is 5.78 Å². The van der Waals surface area contributed by atoms with Crippen LogP contribution in [0.1, 0.15) is 49.2 Å². The highest BCUT2D eigenvalue weighted by molar-refractivity contribution is 6.19. The van der Waals surface area contributed by atoms with E-state index in [0.717, 1.165) is 28.7 Å². The van der Waals surface area contributed by atoms with Crippen LogP contribution in [-0.2, 0) is 6.42 Å². The van der Waals surface area contributed by atoms with Gasteiger partial charge in [0.1, 0.15) is 0 Å². The Morgan fingerprint density at radius 2 is 1.81 bits per heavy atom. The average molecular weight is 280 g/mol. The number of fused-ring (bicyclic) bond motifs is 1. The van der Waals surface area contributed by atoms with Gasteiger partial charge in [-0.25, -0.2) is 0 Å². The van der Waals surface area contributed by atoms with Crippen molar-refractivity contribution < 1.29 is 4.79 Å².